The van der Waals surface area contributed by atoms with Crippen molar-refractivity contribution in [1.82, 2.24) is 4.90 Å². The van der Waals surface area contributed by atoms with Crippen LogP contribution >= 0.6 is 0 Å². The fourth-order valence-electron chi connectivity index (χ4n) is 2.44. The monoisotopic (exact) mass is 364 g/mol. The van der Waals surface area contributed by atoms with Gasteiger partial charge in [0.1, 0.15) is 5.75 Å². The first-order chi connectivity index (χ1) is 13.1. The van der Waals surface area contributed by atoms with Gasteiger partial charge in [-0.2, -0.15) is 0 Å². The number of nitrogens with zero attached hydrogens (tertiary/aromatic N) is 1. The summed E-state index contributed by atoms with van der Waals surface area (Å²) in [4.78, 5) is 25.7. The number of rotatable bonds is 7. The van der Waals surface area contributed by atoms with E-state index in [1.54, 1.807) is 48.3 Å². The zero-order valence-corrected chi connectivity index (χ0v) is 14.9. The van der Waals surface area contributed by atoms with Crippen molar-refractivity contribution < 1.29 is 18.7 Å². The van der Waals surface area contributed by atoms with Crippen molar-refractivity contribution in [3.8, 4) is 5.75 Å². The van der Waals surface area contributed by atoms with Crippen molar-refractivity contribution in [2.75, 3.05) is 19.0 Å². The summed E-state index contributed by atoms with van der Waals surface area (Å²) in [5.74, 6) is 0.343. The third-order valence-corrected chi connectivity index (χ3v) is 3.91. The van der Waals surface area contributed by atoms with Crippen LogP contribution in [0.3, 0.4) is 0 Å². The van der Waals surface area contributed by atoms with Crippen molar-refractivity contribution >= 4 is 17.5 Å². The summed E-state index contributed by atoms with van der Waals surface area (Å²) >= 11 is 0. The third kappa shape index (κ3) is 5.22. The number of benzene rings is 2. The molecule has 6 nitrogen and oxygen atoms in total. The molecule has 1 N–H and O–H groups in total. The van der Waals surface area contributed by atoms with E-state index in [4.69, 9.17) is 9.15 Å². The summed E-state index contributed by atoms with van der Waals surface area (Å²) in [7, 11) is 1.74. The first-order valence-electron chi connectivity index (χ1n) is 8.47. The van der Waals surface area contributed by atoms with Crippen LogP contribution in [0.25, 0.3) is 0 Å². The Morgan fingerprint density at radius 2 is 1.74 bits per heavy atom. The zero-order valence-electron chi connectivity index (χ0n) is 14.9. The maximum Gasteiger partial charge on any atom is 0.291 e. The lowest BCUT2D eigenvalue weighted by Crippen LogP contribution is -2.30. The Morgan fingerprint density at radius 3 is 2.41 bits per heavy atom. The fraction of sp³-hybridized carbons (Fsp3) is 0.143. The van der Waals surface area contributed by atoms with Crippen molar-refractivity contribution in [1.29, 1.82) is 0 Å². The van der Waals surface area contributed by atoms with Gasteiger partial charge in [-0.25, -0.2) is 0 Å². The Hall–Kier alpha value is -3.54. The number of likely N-dealkylation sites (N-methyl/N-ethyl adjacent to an activating group) is 1. The molecule has 1 aromatic heterocycles. The molecule has 6 heteroatoms. The summed E-state index contributed by atoms with van der Waals surface area (Å²) in [5, 5.41) is 2.72. The molecule has 0 radical (unpaired) electrons. The number of ether oxygens (including phenoxy) is 1. The van der Waals surface area contributed by atoms with Gasteiger partial charge in [0.05, 0.1) is 6.26 Å². The molecule has 3 rings (SSSR count). The normalized spacial score (nSPS) is 10.3. The second-order valence-electron chi connectivity index (χ2n) is 5.98. The van der Waals surface area contributed by atoms with E-state index >= 15 is 0 Å². The van der Waals surface area contributed by atoms with Gasteiger partial charge < -0.3 is 19.4 Å². The van der Waals surface area contributed by atoms with Crippen LogP contribution in [0.2, 0.25) is 0 Å². The van der Waals surface area contributed by atoms with Gasteiger partial charge >= 0.3 is 0 Å². The molecular formula is C21H20N2O4. The van der Waals surface area contributed by atoms with Crippen molar-refractivity contribution in [2.24, 2.45) is 0 Å². The summed E-state index contributed by atoms with van der Waals surface area (Å²) in [6.07, 6.45) is 1.44. The maximum absolute atomic E-state index is 12.2. The van der Waals surface area contributed by atoms with Crippen LogP contribution in [0, 0.1) is 0 Å². The molecule has 2 amide bonds. The lowest BCUT2D eigenvalue weighted by molar-refractivity contribution is -0.132. The van der Waals surface area contributed by atoms with Crippen LogP contribution in [-0.4, -0.2) is 30.4 Å². The first kappa shape index (κ1) is 18.3. The second kappa shape index (κ2) is 8.71. The van der Waals surface area contributed by atoms with Crippen LogP contribution in [-0.2, 0) is 11.3 Å². The molecule has 1 heterocycles. The largest absolute Gasteiger partial charge is 0.484 e. The minimum Gasteiger partial charge on any atom is -0.484 e. The quantitative estimate of drug-likeness (QED) is 0.696. The second-order valence-corrected chi connectivity index (χ2v) is 5.98. The van der Waals surface area contributed by atoms with Crippen LogP contribution in [0.1, 0.15) is 16.1 Å². The number of anilines is 1. The minimum atomic E-state index is -0.327. The van der Waals surface area contributed by atoms with E-state index in [2.05, 4.69) is 5.32 Å². The molecule has 0 saturated carbocycles. The molecule has 0 aliphatic rings. The topological polar surface area (TPSA) is 71.8 Å². The van der Waals surface area contributed by atoms with Crippen molar-refractivity contribution in [3.05, 3.63) is 84.3 Å². The zero-order chi connectivity index (χ0) is 19.1. The van der Waals surface area contributed by atoms with Crippen LogP contribution in [0.15, 0.2) is 77.4 Å². The molecule has 0 fully saturated rings. The Morgan fingerprint density at radius 1 is 1.00 bits per heavy atom. The van der Waals surface area contributed by atoms with Crippen molar-refractivity contribution in [3.63, 3.8) is 0 Å². The number of nitrogens with one attached hydrogen (secondary N) is 1. The van der Waals surface area contributed by atoms with Gasteiger partial charge in [0.2, 0.25) is 0 Å². The Bertz CT molecular complexity index is 874. The smallest absolute Gasteiger partial charge is 0.291 e. The Kier molecular flexibility index (Phi) is 5.89. The number of hydrogen-bond acceptors (Lipinski definition) is 4. The predicted octanol–water partition coefficient (Wildman–Crippen LogP) is 3.57. The average molecular weight is 364 g/mol. The van der Waals surface area contributed by atoms with Gasteiger partial charge in [-0.1, -0.05) is 30.3 Å². The van der Waals surface area contributed by atoms with Gasteiger partial charge in [0.15, 0.2) is 12.4 Å². The summed E-state index contributed by atoms with van der Waals surface area (Å²) in [5.41, 5.74) is 1.67. The highest BCUT2D eigenvalue weighted by atomic mass is 16.5. The number of furan rings is 1. The number of carbonyl (C=O) groups is 2. The molecule has 2 aromatic carbocycles. The highest BCUT2D eigenvalue weighted by Gasteiger charge is 2.11. The Labute approximate surface area is 157 Å². The molecule has 0 saturated heterocycles. The highest BCUT2D eigenvalue weighted by Crippen LogP contribution is 2.17. The summed E-state index contributed by atoms with van der Waals surface area (Å²) in [6.45, 7) is 0.474. The van der Waals surface area contributed by atoms with Crippen LogP contribution < -0.4 is 10.1 Å². The number of hydrogen-bond donors (Lipinski definition) is 1. The van der Waals surface area contributed by atoms with E-state index in [9.17, 15) is 9.59 Å². The standard InChI is InChI=1S/C21H20N2O4/c1-23(14-16-6-3-2-4-7-16)20(24)15-27-18-11-9-17(10-12-18)22-21(25)19-8-5-13-26-19/h2-13H,14-15H2,1H3,(H,22,25). The summed E-state index contributed by atoms with van der Waals surface area (Å²) < 4.78 is 10.6. The molecular weight excluding hydrogens is 344 g/mol. The van der Waals surface area contributed by atoms with E-state index in [1.165, 1.54) is 6.26 Å². The van der Waals surface area contributed by atoms with Gasteiger partial charge in [0.25, 0.3) is 11.8 Å². The van der Waals surface area contributed by atoms with E-state index in [1.807, 2.05) is 30.3 Å². The molecule has 0 spiro atoms. The van der Waals surface area contributed by atoms with Crippen LogP contribution in [0.5, 0.6) is 5.75 Å². The molecule has 0 atom stereocenters. The first-order valence-corrected chi connectivity index (χ1v) is 8.47. The number of amides is 2. The van der Waals surface area contributed by atoms with Gasteiger partial charge in [-0.15, -0.1) is 0 Å². The van der Waals surface area contributed by atoms with Gasteiger partial charge in [-0.05, 0) is 42.0 Å². The molecule has 0 bridgehead atoms. The summed E-state index contributed by atoms with van der Waals surface area (Å²) in [6, 6.07) is 19.8. The lowest BCUT2D eigenvalue weighted by Gasteiger charge is -2.17. The van der Waals surface area contributed by atoms with Gasteiger partial charge in [-0.3, -0.25) is 9.59 Å². The number of carbonyl (C=O) groups excluding carboxylic acids is 2. The SMILES string of the molecule is CN(Cc1ccccc1)C(=O)COc1ccc(NC(=O)c2ccco2)cc1. The van der Waals surface area contributed by atoms with E-state index in [0.717, 1.165) is 5.56 Å². The molecule has 3 aromatic rings. The Balaban J connectivity index is 1.48. The minimum absolute atomic E-state index is 0.0541. The van der Waals surface area contributed by atoms with Gasteiger partial charge in [0, 0.05) is 19.3 Å². The lowest BCUT2D eigenvalue weighted by atomic mass is 10.2. The highest BCUT2D eigenvalue weighted by molar-refractivity contribution is 6.02. The molecule has 0 aliphatic carbocycles. The van der Waals surface area contributed by atoms with E-state index in [-0.39, 0.29) is 24.2 Å². The predicted molar refractivity (Wildman–Crippen MR) is 102 cm³/mol. The van der Waals surface area contributed by atoms with E-state index in [0.29, 0.717) is 18.0 Å². The fourth-order valence-corrected chi connectivity index (χ4v) is 2.44. The van der Waals surface area contributed by atoms with Crippen LogP contribution in [0.4, 0.5) is 5.69 Å². The third-order valence-electron chi connectivity index (χ3n) is 3.91. The molecule has 138 valence electrons. The van der Waals surface area contributed by atoms with E-state index < -0.39 is 0 Å². The molecule has 0 aliphatic heterocycles. The average Bonchev–Trinajstić information content (AvgIpc) is 3.23. The van der Waals surface area contributed by atoms with Crippen molar-refractivity contribution in [2.45, 2.75) is 6.54 Å². The maximum atomic E-state index is 12.2. The molecule has 27 heavy (non-hydrogen) atoms. The molecule has 0 unspecified atom stereocenters.